The number of phenolic OH excluding ortho intramolecular Hbond substituents is 1. The first-order chi connectivity index (χ1) is 10.6. The Bertz CT molecular complexity index is 782. The first-order valence-electron chi connectivity index (χ1n) is 6.78. The van der Waals surface area contributed by atoms with Gasteiger partial charge in [0.15, 0.2) is 0 Å². The molecule has 1 aliphatic heterocycles. The van der Waals surface area contributed by atoms with Crippen LogP contribution in [0.1, 0.15) is 11.1 Å². The van der Waals surface area contributed by atoms with E-state index in [4.69, 9.17) is 0 Å². The predicted molar refractivity (Wildman–Crippen MR) is 82.9 cm³/mol. The summed E-state index contributed by atoms with van der Waals surface area (Å²) in [6.45, 7) is 1.87. The lowest BCUT2D eigenvalue weighted by Crippen LogP contribution is -2.35. The fourth-order valence-electron chi connectivity index (χ4n) is 2.26. The number of amides is 2. The summed E-state index contributed by atoms with van der Waals surface area (Å²) in [5.74, 6) is -0.913. The van der Waals surface area contributed by atoms with Crippen molar-refractivity contribution in [2.24, 2.45) is 0 Å². The molecule has 5 nitrogen and oxygen atoms in total. The maximum atomic E-state index is 12.4. The van der Waals surface area contributed by atoms with Crippen LogP contribution in [0, 0.1) is 6.92 Å². The molecule has 2 aromatic rings. The quantitative estimate of drug-likeness (QED) is 0.658. The predicted octanol–water partition coefficient (Wildman–Crippen LogP) is 2.16. The first-order valence-corrected chi connectivity index (χ1v) is 6.78. The SMILES string of the molecule is Cc1ccc(O)c(C=C2C(=O)NN(c3ccccc3)C2=O)c1. The van der Waals surface area contributed by atoms with Gasteiger partial charge >= 0.3 is 0 Å². The third-order valence-electron chi connectivity index (χ3n) is 3.39. The van der Waals surface area contributed by atoms with Gasteiger partial charge in [0.1, 0.15) is 11.3 Å². The van der Waals surface area contributed by atoms with E-state index in [-0.39, 0.29) is 11.3 Å². The molecule has 2 aromatic carbocycles. The summed E-state index contributed by atoms with van der Waals surface area (Å²) < 4.78 is 0. The molecule has 0 unspecified atom stereocenters. The summed E-state index contributed by atoms with van der Waals surface area (Å²) in [6, 6.07) is 13.8. The van der Waals surface area contributed by atoms with Crippen molar-refractivity contribution in [3.8, 4) is 5.75 Å². The van der Waals surface area contributed by atoms with Crippen molar-refractivity contribution in [1.29, 1.82) is 0 Å². The fraction of sp³-hybridized carbons (Fsp3) is 0.0588. The molecule has 1 fully saturated rings. The Morgan fingerprint density at radius 1 is 1.09 bits per heavy atom. The van der Waals surface area contributed by atoms with Gasteiger partial charge in [-0.2, -0.15) is 0 Å². The topological polar surface area (TPSA) is 69.6 Å². The molecule has 0 saturated carbocycles. The van der Waals surface area contributed by atoms with Gasteiger partial charge in [0.2, 0.25) is 0 Å². The number of anilines is 1. The normalized spacial score (nSPS) is 16.2. The molecule has 0 radical (unpaired) electrons. The van der Waals surface area contributed by atoms with Crippen molar-refractivity contribution in [1.82, 2.24) is 5.43 Å². The standard InChI is InChI=1S/C17H14N2O3/c1-11-7-8-15(20)12(9-11)10-14-16(21)18-19(17(14)22)13-5-3-2-4-6-13/h2-10,20H,1H3,(H,18,21). The molecule has 1 aliphatic rings. The van der Waals surface area contributed by atoms with Crippen molar-refractivity contribution in [3.05, 3.63) is 65.2 Å². The van der Waals surface area contributed by atoms with E-state index in [0.29, 0.717) is 11.3 Å². The smallest absolute Gasteiger partial charge is 0.282 e. The highest BCUT2D eigenvalue weighted by Crippen LogP contribution is 2.25. The molecular formula is C17H14N2O3. The van der Waals surface area contributed by atoms with Crippen LogP contribution in [0.2, 0.25) is 0 Å². The Balaban J connectivity index is 1.98. The number of benzene rings is 2. The van der Waals surface area contributed by atoms with E-state index in [2.05, 4.69) is 5.43 Å². The summed E-state index contributed by atoms with van der Waals surface area (Å²) in [6.07, 6.45) is 1.41. The summed E-state index contributed by atoms with van der Waals surface area (Å²) in [5.41, 5.74) is 4.46. The minimum absolute atomic E-state index is 0.00949. The number of aromatic hydroxyl groups is 1. The largest absolute Gasteiger partial charge is 0.507 e. The van der Waals surface area contributed by atoms with E-state index >= 15 is 0 Å². The van der Waals surface area contributed by atoms with Crippen molar-refractivity contribution < 1.29 is 14.7 Å². The number of hydrogen-bond donors (Lipinski definition) is 2. The molecule has 3 rings (SSSR count). The van der Waals surface area contributed by atoms with Gasteiger partial charge in [0, 0.05) is 5.56 Å². The van der Waals surface area contributed by atoms with Crippen LogP contribution in [0.4, 0.5) is 5.69 Å². The fourth-order valence-corrected chi connectivity index (χ4v) is 2.26. The summed E-state index contributed by atoms with van der Waals surface area (Å²) in [4.78, 5) is 24.5. The molecule has 0 atom stereocenters. The molecule has 5 heteroatoms. The van der Waals surface area contributed by atoms with E-state index in [9.17, 15) is 14.7 Å². The Labute approximate surface area is 127 Å². The highest BCUT2D eigenvalue weighted by Gasteiger charge is 2.34. The van der Waals surface area contributed by atoms with Crippen LogP contribution < -0.4 is 10.4 Å². The lowest BCUT2D eigenvalue weighted by Gasteiger charge is -2.13. The number of nitrogens with zero attached hydrogens (tertiary/aromatic N) is 1. The van der Waals surface area contributed by atoms with Crippen LogP contribution in [0.15, 0.2) is 54.1 Å². The molecule has 1 heterocycles. The van der Waals surface area contributed by atoms with Gasteiger partial charge < -0.3 is 5.11 Å². The van der Waals surface area contributed by atoms with Crippen molar-refractivity contribution in [2.75, 3.05) is 5.01 Å². The zero-order valence-corrected chi connectivity index (χ0v) is 11.9. The maximum absolute atomic E-state index is 12.4. The second-order valence-electron chi connectivity index (χ2n) is 5.04. The van der Waals surface area contributed by atoms with E-state index < -0.39 is 11.8 Å². The third kappa shape index (κ3) is 2.44. The molecule has 2 N–H and O–H groups in total. The van der Waals surface area contributed by atoms with E-state index in [1.165, 1.54) is 17.2 Å². The van der Waals surface area contributed by atoms with Crippen LogP contribution in [-0.2, 0) is 9.59 Å². The lowest BCUT2D eigenvalue weighted by atomic mass is 10.1. The van der Waals surface area contributed by atoms with Gasteiger partial charge in [-0.15, -0.1) is 0 Å². The van der Waals surface area contributed by atoms with Crippen LogP contribution in [-0.4, -0.2) is 16.9 Å². The molecule has 2 amide bonds. The molecule has 0 spiro atoms. The number of phenols is 1. The average molecular weight is 294 g/mol. The van der Waals surface area contributed by atoms with Crippen molar-refractivity contribution in [3.63, 3.8) is 0 Å². The number of para-hydroxylation sites is 1. The first kappa shape index (κ1) is 13.9. The summed E-state index contributed by atoms with van der Waals surface area (Å²) in [7, 11) is 0. The van der Waals surface area contributed by atoms with Gasteiger partial charge in [-0.25, -0.2) is 5.01 Å². The Hall–Kier alpha value is -3.08. The summed E-state index contributed by atoms with van der Waals surface area (Å²) in [5, 5.41) is 11.0. The molecule has 110 valence electrons. The van der Waals surface area contributed by atoms with Crippen molar-refractivity contribution >= 4 is 23.6 Å². The number of hydrazine groups is 1. The monoisotopic (exact) mass is 294 g/mol. The Morgan fingerprint density at radius 2 is 1.82 bits per heavy atom. The number of nitrogens with one attached hydrogen (secondary N) is 1. The molecule has 0 bridgehead atoms. The molecular weight excluding hydrogens is 280 g/mol. The summed E-state index contributed by atoms with van der Waals surface area (Å²) >= 11 is 0. The van der Waals surface area contributed by atoms with Crippen LogP contribution in [0.25, 0.3) is 6.08 Å². The Kier molecular flexibility index (Phi) is 3.39. The van der Waals surface area contributed by atoms with Crippen LogP contribution in [0.5, 0.6) is 5.75 Å². The van der Waals surface area contributed by atoms with E-state index in [0.717, 1.165) is 5.56 Å². The number of carbonyl (C=O) groups is 2. The van der Waals surface area contributed by atoms with E-state index in [1.807, 2.05) is 13.0 Å². The molecule has 22 heavy (non-hydrogen) atoms. The number of carbonyl (C=O) groups excluding carboxylic acids is 2. The molecule has 0 aliphatic carbocycles. The maximum Gasteiger partial charge on any atom is 0.282 e. The molecule has 0 aromatic heterocycles. The van der Waals surface area contributed by atoms with Gasteiger partial charge in [-0.1, -0.05) is 29.8 Å². The average Bonchev–Trinajstić information content (AvgIpc) is 2.80. The zero-order valence-electron chi connectivity index (χ0n) is 11.9. The van der Waals surface area contributed by atoms with Gasteiger partial charge in [0.05, 0.1) is 5.69 Å². The van der Waals surface area contributed by atoms with Gasteiger partial charge in [0.25, 0.3) is 11.8 Å². The number of rotatable bonds is 2. The minimum Gasteiger partial charge on any atom is -0.507 e. The zero-order chi connectivity index (χ0) is 15.7. The second-order valence-corrected chi connectivity index (χ2v) is 5.04. The van der Waals surface area contributed by atoms with Gasteiger partial charge in [-0.3, -0.25) is 15.0 Å². The Morgan fingerprint density at radius 3 is 2.55 bits per heavy atom. The van der Waals surface area contributed by atoms with E-state index in [1.54, 1.807) is 36.4 Å². The van der Waals surface area contributed by atoms with Crippen molar-refractivity contribution in [2.45, 2.75) is 6.92 Å². The highest BCUT2D eigenvalue weighted by atomic mass is 16.3. The van der Waals surface area contributed by atoms with Crippen LogP contribution in [0.3, 0.4) is 0 Å². The second kappa shape index (κ2) is 5.37. The van der Waals surface area contributed by atoms with Gasteiger partial charge in [-0.05, 0) is 37.3 Å². The highest BCUT2D eigenvalue weighted by molar-refractivity contribution is 6.31. The third-order valence-corrected chi connectivity index (χ3v) is 3.39. The van der Waals surface area contributed by atoms with Crippen LogP contribution >= 0.6 is 0 Å². The molecule has 1 saturated heterocycles. The lowest BCUT2D eigenvalue weighted by molar-refractivity contribution is -0.117. The number of aryl methyl sites for hydroxylation is 1. The number of hydrogen-bond acceptors (Lipinski definition) is 3. The minimum atomic E-state index is -0.491.